The Bertz CT molecular complexity index is 713. The Morgan fingerprint density at radius 3 is 2.48 bits per heavy atom. The van der Waals surface area contributed by atoms with Gasteiger partial charge in [-0.25, -0.2) is 4.79 Å². The molecule has 0 fully saturated rings. The minimum atomic E-state index is -0.607. The van der Waals surface area contributed by atoms with E-state index >= 15 is 0 Å². The Morgan fingerprint density at radius 2 is 1.90 bits per heavy atom. The molecule has 0 radical (unpaired) electrons. The molecule has 1 N–H and O–H groups in total. The SMILES string of the molecule is CN(CCC1=CC=CCN1)C(=O)C(CC1=CC=CCC1)N(C)C(=O)OC(C)(C)C. The maximum Gasteiger partial charge on any atom is 0.410 e. The number of hydrogen-bond acceptors (Lipinski definition) is 4. The molecule has 1 aliphatic heterocycles. The number of likely N-dealkylation sites (N-methyl/N-ethyl adjacent to an activating group) is 2. The molecule has 0 saturated heterocycles. The van der Waals surface area contributed by atoms with Crippen LogP contribution in [0.2, 0.25) is 0 Å². The lowest BCUT2D eigenvalue weighted by molar-refractivity contribution is -0.135. The number of hydrogen-bond donors (Lipinski definition) is 1. The first-order valence-electron chi connectivity index (χ1n) is 10.3. The van der Waals surface area contributed by atoms with E-state index in [1.807, 2.05) is 39.0 Å². The number of ether oxygens (including phenoxy) is 1. The Morgan fingerprint density at radius 1 is 1.17 bits per heavy atom. The largest absolute Gasteiger partial charge is 0.444 e. The molecule has 29 heavy (non-hydrogen) atoms. The van der Waals surface area contributed by atoms with Crippen LogP contribution in [0, 0.1) is 0 Å². The number of amides is 2. The van der Waals surface area contributed by atoms with Crippen LogP contribution in [0.4, 0.5) is 4.79 Å². The number of allylic oxidation sites excluding steroid dienone is 5. The highest BCUT2D eigenvalue weighted by Gasteiger charge is 2.32. The average molecular weight is 402 g/mol. The summed E-state index contributed by atoms with van der Waals surface area (Å²) < 4.78 is 5.51. The monoisotopic (exact) mass is 401 g/mol. The first-order chi connectivity index (χ1) is 13.7. The molecule has 160 valence electrons. The van der Waals surface area contributed by atoms with E-state index in [9.17, 15) is 9.59 Å². The first-order valence-corrected chi connectivity index (χ1v) is 10.3. The normalized spacial score (nSPS) is 17.0. The second-order valence-corrected chi connectivity index (χ2v) is 8.61. The summed E-state index contributed by atoms with van der Waals surface area (Å²) in [5.74, 6) is -0.0687. The third-order valence-electron chi connectivity index (χ3n) is 4.96. The summed E-state index contributed by atoms with van der Waals surface area (Å²) in [6.07, 6.45) is 15.0. The zero-order valence-electron chi connectivity index (χ0n) is 18.4. The molecular formula is C23H35N3O3. The summed E-state index contributed by atoms with van der Waals surface area (Å²) in [4.78, 5) is 29.1. The molecule has 1 unspecified atom stereocenters. The van der Waals surface area contributed by atoms with Gasteiger partial charge in [0.2, 0.25) is 5.91 Å². The van der Waals surface area contributed by atoms with Gasteiger partial charge in [-0.3, -0.25) is 9.69 Å². The minimum absolute atomic E-state index is 0.0687. The van der Waals surface area contributed by atoms with Gasteiger partial charge in [0.15, 0.2) is 0 Å². The average Bonchev–Trinajstić information content (AvgIpc) is 2.69. The molecule has 6 nitrogen and oxygen atoms in total. The molecule has 0 spiro atoms. The van der Waals surface area contributed by atoms with Gasteiger partial charge < -0.3 is 15.0 Å². The van der Waals surface area contributed by atoms with Crippen LogP contribution in [0.15, 0.2) is 47.7 Å². The zero-order chi connectivity index (χ0) is 21.4. The fourth-order valence-electron chi connectivity index (χ4n) is 3.25. The van der Waals surface area contributed by atoms with E-state index in [0.717, 1.165) is 31.5 Å². The van der Waals surface area contributed by atoms with Gasteiger partial charge in [-0.1, -0.05) is 36.0 Å². The van der Waals surface area contributed by atoms with E-state index in [2.05, 4.69) is 23.5 Å². The molecule has 0 aromatic carbocycles. The number of carbonyl (C=O) groups is 2. The van der Waals surface area contributed by atoms with Gasteiger partial charge in [-0.05, 0) is 46.1 Å². The third-order valence-corrected chi connectivity index (χ3v) is 4.96. The quantitative estimate of drug-likeness (QED) is 0.705. The van der Waals surface area contributed by atoms with E-state index in [-0.39, 0.29) is 5.91 Å². The fourth-order valence-corrected chi connectivity index (χ4v) is 3.25. The van der Waals surface area contributed by atoms with Crippen molar-refractivity contribution in [3.63, 3.8) is 0 Å². The number of rotatable bonds is 7. The highest BCUT2D eigenvalue weighted by atomic mass is 16.6. The maximum absolute atomic E-state index is 13.3. The Kier molecular flexibility index (Phi) is 8.11. The highest BCUT2D eigenvalue weighted by molar-refractivity contribution is 5.86. The molecule has 2 aliphatic rings. The van der Waals surface area contributed by atoms with Crippen LogP contribution in [0.25, 0.3) is 0 Å². The van der Waals surface area contributed by atoms with Gasteiger partial charge in [0, 0.05) is 39.3 Å². The molecule has 1 aliphatic carbocycles. The van der Waals surface area contributed by atoms with E-state index in [4.69, 9.17) is 4.74 Å². The smallest absolute Gasteiger partial charge is 0.410 e. The van der Waals surface area contributed by atoms with Gasteiger partial charge in [0.1, 0.15) is 11.6 Å². The molecular weight excluding hydrogens is 366 g/mol. The molecule has 0 saturated carbocycles. The lowest BCUT2D eigenvalue weighted by Gasteiger charge is -2.33. The second kappa shape index (κ2) is 10.3. The molecule has 2 rings (SSSR count). The van der Waals surface area contributed by atoms with Crippen molar-refractivity contribution in [1.29, 1.82) is 0 Å². The lowest BCUT2D eigenvalue weighted by atomic mass is 9.96. The van der Waals surface area contributed by atoms with Crippen molar-refractivity contribution in [2.45, 2.75) is 58.1 Å². The van der Waals surface area contributed by atoms with E-state index in [1.54, 1.807) is 19.0 Å². The third kappa shape index (κ3) is 7.44. The van der Waals surface area contributed by atoms with Gasteiger partial charge in [0.05, 0.1) is 0 Å². The van der Waals surface area contributed by atoms with Crippen LogP contribution in [0.5, 0.6) is 0 Å². The number of nitrogens with zero attached hydrogens (tertiary/aromatic N) is 2. The molecule has 0 aromatic heterocycles. The lowest BCUT2D eigenvalue weighted by Crippen LogP contribution is -2.50. The van der Waals surface area contributed by atoms with E-state index in [0.29, 0.717) is 13.0 Å². The zero-order valence-corrected chi connectivity index (χ0v) is 18.4. The molecule has 1 atom stereocenters. The predicted molar refractivity (Wildman–Crippen MR) is 116 cm³/mol. The van der Waals surface area contributed by atoms with Crippen molar-refractivity contribution in [3.05, 3.63) is 47.7 Å². The summed E-state index contributed by atoms with van der Waals surface area (Å²) in [7, 11) is 3.45. The van der Waals surface area contributed by atoms with Crippen LogP contribution in [0.3, 0.4) is 0 Å². The molecule has 0 aromatic rings. The van der Waals surface area contributed by atoms with Crippen molar-refractivity contribution in [3.8, 4) is 0 Å². The number of carbonyl (C=O) groups excluding carboxylic acids is 2. The minimum Gasteiger partial charge on any atom is -0.444 e. The first kappa shape index (κ1) is 22.8. The van der Waals surface area contributed by atoms with Crippen LogP contribution < -0.4 is 5.32 Å². The molecule has 1 heterocycles. The topological polar surface area (TPSA) is 61.9 Å². The number of dihydropyridines is 1. The van der Waals surface area contributed by atoms with Crippen molar-refractivity contribution < 1.29 is 14.3 Å². The van der Waals surface area contributed by atoms with Crippen LogP contribution >= 0.6 is 0 Å². The maximum atomic E-state index is 13.3. The summed E-state index contributed by atoms with van der Waals surface area (Å²) in [6, 6.07) is -0.583. The van der Waals surface area contributed by atoms with E-state index < -0.39 is 17.7 Å². The van der Waals surface area contributed by atoms with Crippen molar-refractivity contribution in [2.75, 3.05) is 27.2 Å². The standard InChI is InChI=1S/C23H35N3O3/c1-23(2,3)29-22(28)26(5)20(17-18-11-7-6-8-12-18)21(27)25(4)16-14-19-13-9-10-15-24-19/h6-7,9-11,13,20,24H,8,12,14-17H2,1-5H3. The van der Waals surface area contributed by atoms with Crippen LogP contribution in [-0.2, 0) is 9.53 Å². The Hall–Kier alpha value is -2.50. The molecule has 6 heteroatoms. The highest BCUT2D eigenvalue weighted by Crippen LogP contribution is 2.22. The van der Waals surface area contributed by atoms with Crippen molar-refractivity contribution >= 4 is 12.0 Å². The van der Waals surface area contributed by atoms with Gasteiger partial charge in [-0.15, -0.1) is 0 Å². The Labute approximate surface area is 175 Å². The van der Waals surface area contributed by atoms with E-state index in [1.165, 1.54) is 10.5 Å². The van der Waals surface area contributed by atoms with Gasteiger partial charge in [-0.2, -0.15) is 0 Å². The summed E-state index contributed by atoms with van der Waals surface area (Å²) in [5.41, 5.74) is 1.69. The van der Waals surface area contributed by atoms with Crippen molar-refractivity contribution in [1.82, 2.24) is 15.1 Å². The Balaban J connectivity index is 2.09. The molecule has 2 amide bonds. The van der Waals surface area contributed by atoms with Crippen molar-refractivity contribution in [2.24, 2.45) is 0 Å². The van der Waals surface area contributed by atoms with Crippen LogP contribution in [-0.4, -0.2) is 60.6 Å². The predicted octanol–water partition coefficient (Wildman–Crippen LogP) is 3.78. The molecule has 0 bridgehead atoms. The van der Waals surface area contributed by atoms with Gasteiger partial charge in [0.25, 0.3) is 0 Å². The summed E-state index contributed by atoms with van der Waals surface area (Å²) >= 11 is 0. The second-order valence-electron chi connectivity index (χ2n) is 8.61. The number of nitrogens with one attached hydrogen (secondary N) is 1. The van der Waals surface area contributed by atoms with Gasteiger partial charge >= 0.3 is 6.09 Å². The summed E-state index contributed by atoms with van der Waals surface area (Å²) in [6.45, 7) is 6.89. The summed E-state index contributed by atoms with van der Waals surface area (Å²) in [5, 5.41) is 3.31. The fraction of sp³-hybridized carbons (Fsp3) is 0.565. The van der Waals surface area contributed by atoms with Crippen LogP contribution in [0.1, 0.15) is 46.5 Å².